The topological polar surface area (TPSA) is 118 Å². The lowest BCUT2D eigenvalue weighted by Crippen LogP contribution is -2.45. The van der Waals surface area contributed by atoms with Crippen LogP contribution in [-0.4, -0.2) is 49.4 Å². The summed E-state index contributed by atoms with van der Waals surface area (Å²) in [6.45, 7) is -0.220. The van der Waals surface area contributed by atoms with Crippen molar-refractivity contribution >= 4 is 11.9 Å². The third kappa shape index (κ3) is 2.93. The van der Waals surface area contributed by atoms with Crippen LogP contribution in [0.3, 0.4) is 0 Å². The lowest BCUT2D eigenvalue weighted by Gasteiger charge is -2.39. The van der Waals surface area contributed by atoms with Gasteiger partial charge in [-0.05, 0) is 35.4 Å². The fourth-order valence-corrected chi connectivity index (χ4v) is 3.95. The zero-order valence-corrected chi connectivity index (χ0v) is 16.2. The molecule has 0 fully saturated rings. The molecule has 2 aliphatic rings. The van der Waals surface area contributed by atoms with E-state index in [4.69, 9.17) is 18.9 Å². The van der Waals surface area contributed by atoms with E-state index in [9.17, 15) is 20.0 Å². The molecule has 0 bridgehead atoms. The fraction of sp³-hybridized carbons (Fsp3) is 0.286. The molecule has 1 amide bonds. The van der Waals surface area contributed by atoms with Crippen molar-refractivity contribution < 1.29 is 33.6 Å². The zero-order valence-electron chi connectivity index (χ0n) is 16.2. The summed E-state index contributed by atoms with van der Waals surface area (Å²) in [5.41, 5.74) is 0.977. The Morgan fingerprint density at radius 1 is 1.20 bits per heavy atom. The summed E-state index contributed by atoms with van der Waals surface area (Å²) in [6.07, 6.45) is 0. The van der Waals surface area contributed by atoms with E-state index in [0.29, 0.717) is 34.1 Å². The van der Waals surface area contributed by atoms with E-state index in [1.165, 1.54) is 31.3 Å². The van der Waals surface area contributed by atoms with E-state index in [1.807, 2.05) is 6.07 Å². The molecular weight excluding hydrogens is 392 g/mol. The minimum absolute atomic E-state index is 0.0620. The largest absolute Gasteiger partial charge is 0.493 e. The minimum Gasteiger partial charge on any atom is -0.493 e. The highest BCUT2D eigenvalue weighted by Crippen LogP contribution is 2.47. The first kappa shape index (κ1) is 19.4. The number of rotatable bonds is 5. The van der Waals surface area contributed by atoms with Gasteiger partial charge in [0.25, 0.3) is 5.91 Å². The molecule has 2 aromatic rings. The molecule has 9 heteroatoms. The van der Waals surface area contributed by atoms with E-state index in [2.05, 4.69) is 0 Å². The summed E-state index contributed by atoms with van der Waals surface area (Å²) < 4.78 is 21.3. The molecule has 0 unspecified atom stereocenters. The Balaban J connectivity index is 1.93. The van der Waals surface area contributed by atoms with Gasteiger partial charge in [0.2, 0.25) is 6.79 Å². The van der Waals surface area contributed by atoms with Crippen molar-refractivity contribution in [2.45, 2.75) is 12.0 Å². The molecule has 0 aliphatic carbocycles. The quantitative estimate of drug-likeness (QED) is 0.746. The highest BCUT2D eigenvalue weighted by atomic mass is 16.7. The second kappa shape index (κ2) is 7.48. The predicted octanol–water partition coefficient (Wildman–Crippen LogP) is 2.32. The number of amides is 1. The molecule has 1 N–H and O–H groups in total. The molecule has 0 aromatic heterocycles. The van der Waals surface area contributed by atoms with Gasteiger partial charge in [0, 0.05) is 5.56 Å². The van der Waals surface area contributed by atoms with Crippen LogP contribution in [0.2, 0.25) is 0 Å². The van der Waals surface area contributed by atoms with Gasteiger partial charge in [0.05, 0.1) is 26.3 Å². The fourth-order valence-electron chi connectivity index (χ4n) is 3.95. The molecule has 30 heavy (non-hydrogen) atoms. The maximum absolute atomic E-state index is 13.3. The van der Waals surface area contributed by atoms with Crippen LogP contribution in [0, 0.1) is 11.3 Å². The lowest BCUT2D eigenvalue weighted by molar-refractivity contribution is -0.140. The number of carboxylic acid groups (broad SMARTS) is 1. The Bertz CT molecular complexity index is 1080. The van der Waals surface area contributed by atoms with Crippen LogP contribution in [0.15, 0.2) is 30.3 Å². The number of aliphatic carboxylic acids is 1. The van der Waals surface area contributed by atoms with Crippen LogP contribution in [-0.2, 0) is 4.79 Å². The molecule has 4 rings (SSSR count). The van der Waals surface area contributed by atoms with E-state index in [0.717, 1.165) is 0 Å². The molecule has 2 atom stereocenters. The molecule has 2 aromatic carbocycles. The van der Waals surface area contributed by atoms with Crippen LogP contribution in [0.5, 0.6) is 23.0 Å². The summed E-state index contributed by atoms with van der Waals surface area (Å²) in [7, 11) is 2.86. The van der Waals surface area contributed by atoms with Crippen LogP contribution >= 0.6 is 0 Å². The average molecular weight is 410 g/mol. The van der Waals surface area contributed by atoms with Crippen molar-refractivity contribution in [3.8, 4) is 29.1 Å². The Labute approximate surface area is 171 Å². The van der Waals surface area contributed by atoms with Gasteiger partial charge in [0.1, 0.15) is 12.5 Å². The zero-order chi connectivity index (χ0) is 21.4. The van der Waals surface area contributed by atoms with Crippen molar-refractivity contribution in [1.82, 2.24) is 4.90 Å². The number of carboxylic acids is 1. The first-order valence-corrected chi connectivity index (χ1v) is 9.06. The summed E-state index contributed by atoms with van der Waals surface area (Å²) in [5.74, 6) is -1.13. The van der Waals surface area contributed by atoms with Gasteiger partial charge in [-0.1, -0.05) is 6.07 Å². The van der Waals surface area contributed by atoms with Crippen molar-refractivity contribution in [2.75, 3.05) is 27.6 Å². The molecule has 0 saturated heterocycles. The van der Waals surface area contributed by atoms with Gasteiger partial charge < -0.3 is 29.0 Å². The summed E-state index contributed by atoms with van der Waals surface area (Å²) >= 11 is 0. The smallest absolute Gasteiger partial charge is 0.313 e. The SMILES string of the molecule is COc1cc2c(cc1OC)[C@@H](C(=O)O)[C@@H](c1ccc3c(c1)OCO3)N(CC#N)C2=O. The number of nitriles is 1. The second-order valence-electron chi connectivity index (χ2n) is 6.76. The second-order valence-corrected chi connectivity index (χ2v) is 6.76. The molecule has 154 valence electrons. The van der Waals surface area contributed by atoms with Crippen molar-refractivity contribution in [3.05, 3.63) is 47.0 Å². The Morgan fingerprint density at radius 2 is 1.90 bits per heavy atom. The van der Waals surface area contributed by atoms with Crippen LogP contribution < -0.4 is 18.9 Å². The molecule has 2 heterocycles. The molecule has 0 spiro atoms. The standard InChI is InChI=1S/C21H18N2O7/c1-27-15-8-12-13(9-16(15)28-2)20(24)23(6-5-22)19(18(12)21(25)26)11-3-4-14-17(7-11)30-10-29-14/h3-4,7-9,18-19H,6,10H2,1-2H3,(H,25,26)/t18-,19-/m1/s1. The third-order valence-corrected chi connectivity index (χ3v) is 5.28. The summed E-state index contributed by atoms with van der Waals surface area (Å²) in [5, 5.41) is 19.5. The van der Waals surface area contributed by atoms with E-state index in [1.54, 1.807) is 18.2 Å². The number of methoxy groups -OCH3 is 2. The number of fused-ring (bicyclic) bond motifs is 2. The normalized spacial score (nSPS) is 19.1. The number of hydrogen-bond donors (Lipinski definition) is 1. The van der Waals surface area contributed by atoms with E-state index < -0.39 is 23.8 Å². The van der Waals surface area contributed by atoms with Gasteiger partial charge in [-0.3, -0.25) is 9.59 Å². The highest BCUT2D eigenvalue weighted by molar-refractivity contribution is 6.01. The van der Waals surface area contributed by atoms with E-state index >= 15 is 0 Å². The summed E-state index contributed by atoms with van der Waals surface area (Å²) in [6, 6.07) is 8.99. The van der Waals surface area contributed by atoms with Crippen molar-refractivity contribution in [3.63, 3.8) is 0 Å². The minimum atomic E-state index is -1.14. The Morgan fingerprint density at radius 3 is 2.57 bits per heavy atom. The lowest BCUT2D eigenvalue weighted by atomic mass is 9.79. The molecular formula is C21H18N2O7. The first-order valence-electron chi connectivity index (χ1n) is 9.06. The maximum atomic E-state index is 13.3. The monoisotopic (exact) mass is 410 g/mol. The maximum Gasteiger partial charge on any atom is 0.313 e. The van der Waals surface area contributed by atoms with Gasteiger partial charge in [-0.15, -0.1) is 0 Å². The number of benzene rings is 2. The number of nitrogens with zero attached hydrogens (tertiary/aromatic N) is 2. The Hall–Kier alpha value is -3.93. The number of ether oxygens (including phenoxy) is 4. The molecule has 9 nitrogen and oxygen atoms in total. The molecule has 0 radical (unpaired) electrons. The molecule has 2 aliphatic heterocycles. The van der Waals surface area contributed by atoms with Crippen molar-refractivity contribution in [1.29, 1.82) is 5.26 Å². The van der Waals surface area contributed by atoms with Crippen LogP contribution in [0.1, 0.15) is 33.4 Å². The first-order chi connectivity index (χ1) is 14.5. The summed E-state index contributed by atoms with van der Waals surface area (Å²) in [4.78, 5) is 26.9. The van der Waals surface area contributed by atoms with E-state index in [-0.39, 0.29) is 18.9 Å². The van der Waals surface area contributed by atoms with Gasteiger partial charge >= 0.3 is 5.97 Å². The highest BCUT2D eigenvalue weighted by Gasteiger charge is 2.45. The van der Waals surface area contributed by atoms with Gasteiger partial charge in [0.15, 0.2) is 23.0 Å². The Kier molecular flexibility index (Phi) is 4.83. The third-order valence-electron chi connectivity index (χ3n) is 5.28. The molecule has 0 saturated carbocycles. The van der Waals surface area contributed by atoms with Gasteiger partial charge in [-0.25, -0.2) is 0 Å². The number of carbonyl (C=O) groups excluding carboxylic acids is 1. The predicted molar refractivity (Wildman–Crippen MR) is 102 cm³/mol. The number of carbonyl (C=O) groups is 2. The van der Waals surface area contributed by atoms with Gasteiger partial charge in [-0.2, -0.15) is 5.26 Å². The average Bonchev–Trinajstić information content (AvgIpc) is 3.22. The van der Waals surface area contributed by atoms with Crippen LogP contribution in [0.4, 0.5) is 0 Å². The van der Waals surface area contributed by atoms with Crippen molar-refractivity contribution in [2.24, 2.45) is 0 Å². The van der Waals surface area contributed by atoms with Crippen LogP contribution in [0.25, 0.3) is 0 Å². The number of hydrogen-bond acceptors (Lipinski definition) is 7.